The molecule has 0 atom stereocenters. The van der Waals surface area contributed by atoms with Crippen molar-refractivity contribution in [2.75, 3.05) is 5.32 Å². The third kappa shape index (κ3) is 3.77. The predicted octanol–water partition coefficient (Wildman–Crippen LogP) is 4.63. The summed E-state index contributed by atoms with van der Waals surface area (Å²) in [7, 11) is 0. The van der Waals surface area contributed by atoms with E-state index in [1.165, 1.54) is 12.0 Å². The smallest absolute Gasteiger partial charge is 0.137 e. The highest BCUT2D eigenvalue weighted by molar-refractivity contribution is 9.10. The molecule has 1 heterocycles. The number of hydrogen-bond donors (Lipinski definition) is 1. The lowest BCUT2D eigenvalue weighted by Gasteiger charge is -2.12. The first kappa shape index (κ1) is 14.0. The molecule has 4 heteroatoms. The summed E-state index contributed by atoms with van der Waals surface area (Å²) in [5.74, 6) is 0.920. The van der Waals surface area contributed by atoms with E-state index >= 15 is 0 Å². The van der Waals surface area contributed by atoms with Crippen molar-refractivity contribution in [2.24, 2.45) is 0 Å². The van der Waals surface area contributed by atoms with Crippen molar-refractivity contribution in [3.05, 3.63) is 46.3 Å². The Labute approximate surface area is 122 Å². The van der Waals surface area contributed by atoms with Gasteiger partial charge in [0.15, 0.2) is 0 Å². The average Bonchev–Trinajstić information content (AvgIpc) is 2.41. The largest absolute Gasteiger partial charge is 0.340 e. The average molecular weight is 320 g/mol. The van der Waals surface area contributed by atoms with E-state index in [9.17, 15) is 0 Å². The first-order valence-corrected chi connectivity index (χ1v) is 7.33. The molecule has 0 aliphatic heterocycles. The lowest BCUT2D eigenvalue weighted by atomic mass is 10.1. The van der Waals surface area contributed by atoms with Gasteiger partial charge in [0.2, 0.25) is 0 Å². The summed E-state index contributed by atoms with van der Waals surface area (Å²) >= 11 is 3.44. The number of anilines is 2. The van der Waals surface area contributed by atoms with Gasteiger partial charge in [-0.1, -0.05) is 29.3 Å². The number of halogens is 1. The first-order chi connectivity index (χ1) is 9.20. The van der Waals surface area contributed by atoms with E-state index in [0.29, 0.717) is 0 Å². The van der Waals surface area contributed by atoms with Gasteiger partial charge in [0, 0.05) is 21.4 Å². The molecule has 0 radical (unpaired) electrons. The van der Waals surface area contributed by atoms with Crippen LogP contribution in [0.3, 0.4) is 0 Å². The molecule has 1 N–H and O–H groups in total. The summed E-state index contributed by atoms with van der Waals surface area (Å²) in [6.07, 6.45) is 4.96. The van der Waals surface area contributed by atoms with Crippen LogP contribution in [0.25, 0.3) is 0 Å². The molecular formula is C15H18BrN3. The van der Waals surface area contributed by atoms with Crippen LogP contribution in [0.4, 0.5) is 11.5 Å². The maximum absolute atomic E-state index is 4.38. The minimum absolute atomic E-state index is 0.920. The molecule has 100 valence electrons. The van der Waals surface area contributed by atoms with Gasteiger partial charge in [0.1, 0.15) is 12.1 Å². The lowest BCUT2D eigenvalue weighted by Crippen LogP contribution is -2.03. The molecule has 0 bridgehead atoms. The summed E-state index contributed by atoms with van der Waals surface area (Å²) in [5.41, 5.74) is 3.31. The van der Waals surface area contributed by atoms with Crippen LogP contribution in [0, 0.1) is 6.92 Å². The van der Waals surface area contributed by atoms with E-state index in [1.807, 2.05) is 31.2 Å². The van der Waals surface area contributed by atoms with Crippen LogP contribution in [0.2, 0.25) is 0 Å². The van der Waals surface area contributed by atoms with Crippen molar-refractivity contribution >= 4 is 27.4 Å². The number of nitrogens with zero attached hydrogens (tertiary/aromatic N) is 2. The number of benzene rings is 1. The second-order valence-electron chi connectivity index (χ2n) is 4.52. The van der Waals surface area contributed by atoms with Gasteiger partial charge in [0.25, 0.3) is 0 Å². The fourth-order valence-corrected chi connectivity index (χ4v) is 2.20. The van der Waals surface area contributed by atoms with Crippen LogP contribution in [-0.2, 0) is 6.42 Å². The quantitative estimate of drug-likeness (QED) is 0.872. The fraction of sp³-hybridized carbons (Fsp3) is 0.333. The standard InChI is InChI=1S/C15H18BrN3/c1-3-4-5-14-11(2)17-10-18-15(14)19-13-8-6-12(16)7-9-13/h6-10H,3-5H2,1-2H3,(H,17,18,19). The van der Waals surface area contributed by atoms with Gasteiger partial charge in [-0.05, 0) is 44.0 Å². The molecule has 2 aromatic rings. The summed E-state index contributed by atoms with van der Waals surface area (Å²) in [6, 6.07) is 8.10. The molecule has 0 fully saturated rings. The van der Waals surface area contributed by atoms with Gasteiger partial charge in [-0.3, -0.25) is 0 Å². The second-order valence-corrected chi connectivity index (χ2v) is 5.44. The zero-order valence-corrected chi connectivity index (χ0v) is 12.9. The molecule has 0 amide bonds. The minimum atomic E-state index is 0.920. The van der Waals surface area contributed by atoms with Gasteiger partial charge in [-0.25, -0.2) is 9.97 Å². The molecule has 0 spiro atoms. The van der Waals surface area contributed by atoms with E-state index in [4.69, 9.17) is 0 Å². The Morgan fingerprint density at radius 1 is 1.16 bits per heavy atom. The van der Waals surface area contributed by atoms with Gasteiger partial charge in [-0.2, -0.15) is 0 Å². The Morgan fingerprint density at radius 2 is 1.89 bits per heavy atom. The van der Waals surface area contributed by atoms with Crippen LogP contribution >= 0.6 is 15.9 Å². The highest BCUT2D eigenvalue weighted by atomic mass is 79.9. The molecular weight excluding hydrogens is 302 g/mol. The summed E-state index contributed by atoms with van der Waals surface area (Å²) < 4.78 is 1.07. The summed E-state index contributed by atoms with van der Waals surface area (Å²) in [4.78, 5) is 8.67. The van der Waals surface area contributed by atoms with Gasteiger partial charge >= 0.3 is 0 Å². The normalized spacial score (nSPS) is 10.5. The Morgan fingerprint density at radius 3 is 2.58 bits per heavy atom. The van der Waals surface area contributed by atoms with Crippen LogP contribution in [0.15, 0.2) is 35.1 Å². The number of aromatic nitrogens is 2. The topological polar surface area (TPSA) is 37.8 Å². The monoisotopic (exact) mass is 319 g/mol. The Hall–Kier alpha value is -1.42. The molecule has 0 unspecified atom stereocenters. The van der Waals surface area contributed by atoms with Crippen molar-refractivity contribution in [2.45, 2.75) is 33.1 Å². The lowest BCUT2D eigenvalue weighted by molar-refractivity contribution is 0.783. The SMILES string of the molecule is CCCCc1c(C)ncnc1Nc1ccc(Br)cc1. The number of aryl methyl sites for hydroxylation is 1. The van der Waals surface area contributed by atoms with Crippen LogP contribution in [0.5, 0.6) is 0 Å². The van der Waals surface area contributed by atoms with Gasteiger partial charge < -0.3 is 5.32 Å². The fourth-order valence-electron chi connectivity index (χ4n) is 1.93. The number of hydrogen-bond acceptors (Lipinski definition) is 3. The number of nitrogens with one attached hydrogen (secondary N) is 1. The van der Waals surface area contributed by atoms with Gasteiger partial charge in [-0.15, -0.1) is 0 Å². The van der Waals surface area contributed by atoms with Crippen molar-refractivity contribution in [1.29, 1.82) is 0 Å². The summed E-state index contributed by atoms with van der Waals surface area (Å²) in [5, 5.41) is 3.38. The third-order valence-corrected chi connectivity index (χ3v) is 3.58. The minimum Gasteiger partial charge on any atom is -0.340 e. The van der Waals surface area contributed by atoms with E-state index in [0.717, 1.165) is 34.5 Å². The first-order valence-electron chi connectivity index (χ1n) is 6.53. The maximum atomic E-state index is 4.38. The van der Waals surface area contributed by atoms with Crippen molar-refractivity contribution in [3.8, 4) is 0 Å². The Kier molecular flexibility index (Phi) is 4.91. The van der Waals surface area contributed by atoms with E-state index in [-0.39, 0.29) is 0 Å². The number of unbranched alkanes of at least 4 members (excludes halogenated alkanes) is 1. The van der Waals surface area contributed by atoms with E-state index in [2.05, 4.69) is 38.1 Å². The van der Waals surface area contributed by atoms with Crippen molar-refractivity contribution < 1.29 is 0 Å². The molecule has 0 aliphatic carbocycles. The zero-order chi connectivity index (χ0) is 13.7. The molecule has 3 nitrogen and oxygen atoms in total. The molecule has 0 saturated heterocycles. The predicted molar refractivity (Wildman–Crippen MR) is 82.8 cm³/mol. The third-order valence-electron chi connectivity index (χ3n) is 3.05. The molecule has 1 aromatic heterocycles. The highest BCUT2D eigenvalue weighted by Crippen LogP contribution is 2.23. The number of rotatable bonds is 5. The Bertz CT molecular complexity index is 538. The van der Waals surface area contributed by atoms with Crippen LogP contribution < -0.4 is 5.32 Å². The van der Waals surface area contributed by atoms with Crippen molar-refractivity contribution in [3.63, 3.8) is 0 Å². The highest BCUT2D eigenvalue weighted by Gasteiger charge is 2.08. The molecule has 0 saturated carbocycles. The van der Waals surface area contributed by atoms with Gasteiger partial charge in [0.05, 0.1) is 0 Å². The second kappa shape index (κ2) is 6.66. The summed E-state index contributed by atoms with van der Waals surface area (Å²) in [6.45, 7) is 4.24. The maximum Gasteiger partial charge on any atom is 0.137 e. The van der Waals surface area contributed by atoms with E-state index in [1.54, 1.807) is 6.33 Å². The zero-order valence-electron chi connectivity index (χ0n) is 11.3. The van der Waals surface area contributed by atoms with Crippen molar-refractivity contribution in [1.82, 2.24) is 9.97 Å². The molecule has 0 aliphatic rings. The molecule has 1 aromatic carbocycles. The molecule has 19 heavy (non-hydrogen) atoms. The van der Waals surface area contributed by atoms with Crippen LogP contribution in [0.1, 0.15) is 31.0 Å². The Balaban J connectivity index is 2.23. The molecule has 2 rings (SSSR count). The van der Waals surface area contributed by atoms with E-state index < -0.39 is 0 Å². The van der Waals surface area contributed by atoms with Crippen LogP contribution in [-0.4, -0.2) is 9.97 Å².